The summed E-state index contributed by atoms with van der Waals surface area (Å²) >= 11 is 0. The van der Waals surface area contributed by atoms with Crippen molar-refractivity contribution in [3.63, 3.8) is 0 Å². The number of para-hydroxylation sites is 3. The number of rotatable bonds is 8. The first kappa shape index (κ1) is 33.5. The van der Waals surface area contributed by atoms with Gasteiger partial charge in [0.1, 0.15) is 17.8 Å². The fourth-order valence-corrected chi connectivity index (χ4v) is 7.45. The maximum Gasteiger partial charge on any atom is 0.159 e. The van der Waals surface area contributed by atoms with Crippen LogP contribution >= 0.6 is 0 Å². The van der Waals surface area contributed by atoms with Crippen LogP contribution in [0, 0.1) is 11.3 Å². The van der Waals surface area contributed by atoms with Gasteiger partial charge in [-0.3, -0.25) is 4.57 Å². The zero-order chi connectivity index (χ0) is 37.1. The third kappa shape index (κ3) is 6.39. The van der Waals surface area contributed by atoms with Gasteiger partial charge in [-0.2, -0.15) is 5.26 Å². The van der Waals surface area contributed by atoms with Gasteiger partial charge in [0.2, 0.25) is 0 Å². The van der Waals surface area contributed by atoms with Crippen LogP contribution in [0.1, 0.15) is 41.2 Å². The Kier molecular flexibility index (Phi) is 8.87. The highest BCUT2D eigenvalue weighted by Crippen LogP contribution is 2.40. The van der Waals surface area contributed by atoms with Crippen molar-refractivity contribution in [3.8, 4) is 45.1 Å². The predicted octanol–water partition coefficient (Wildman–Crippen LogP) is 11.0. The molecule has 8 aromatic rings. The molecular weight excluding hydrogens is 673 g/mol. The van der Waals surface area contributed by atoms with Crippen LogP contribution in [0.5, 0.6) is 0 Å². The molecule has 0 fully saturated rings. The van der Waals surface area contributed by atoms with E-state index in [1.165, 1.54) is 0 Å². The van der Waals surface area contributed by atoms with Crippen molar-refractivity contribution < 1.29 is 0 Å². The van der Waals surface area contributed by atoms with E-state index >= 15 is 0 Å². The predicted molar refractivity (Wildman–Crippen MR) is 223 cm³/mol. The molecule has 1 aliphatic rings. The van der Waals surface area contributed by atoms with Gasteiger partial charge in [0.05, 0.1) is 28.4 Å². The lowest BCUT2D eigenvalue weighted by Gasteiger charge is -2.24. The van der Waals surface area contributed by atoms with Gasteiger partial charge in [-0.05, 0) is 69.8 Å². The first-order valence-electron chi connectivity index (χ1n) is 18.5. The fourth-order valence-electron chi connectivity index (χ4n) is 7.45. The zero-order valence-electron chi connectivity index (χ0n) is 30.3. The van der Waals surface area contributed by atoms with Crippen molar-refractivity contribution in [2.24, 2.45) is 9.98 Å². The second-order valence-electron chi connectivity index (χ2n) is 13.5. The summed E-state index contributed by atoms with van der Waals surface area (Å²) in [5.41, 5.74) is 12.8. The largest absolute Gasteiger partial charge is 0.344 e. The van der Waals surface area contributed by atoms with Gasteiger partial charge < -0.3 is 5.32 Å². The molecule has 1 aliphatic heterocycles. The monoisotopic (exact) mass is 708 g/mol. The Morgan fingerprint density at radius 3 is 2.09 bits per heavy atom. The summed E-state index contributed by atoms with van der Waals surface area (Å²) in [7, 11) is 0. The number of nitrogens with zero attached hydrogens (tertiary/aromatic N) is 5. The number of aromatic nitrogens is 2. The maximum atomic E-state index is 10.1. The van der Waals surface area contributed by atoms with Gasteiger partial charge in [0, 0.05) is 23.1 Å². The van der Waals surface area contributed by atoms with Crippen LogP contribution in [-0.4, -0.2) is 21.2 Å². The van der Waals surface area contributed by atoms with Gasteiger partial charge in [0.15, 0.2) is 5.84 Å². The Labute approximate surface area is 320 Å². The third-order valence-electron chi connectivity index (χ3n) is 10.1. The second-order valence-corrected chi connectivity index (χ2v) is 13.5. The number of amidine groups is 2. The maximum absolute atomic E-state index is 10.1. The van der Waals surface area contributed by atoms with E-state index in [2.05, 4.69) is 120 Å². The molecule has 1 N–H and O–H groups in total. The molecule has 55 heavy (non-hydrogen) atoms. The van der Waals surface area contributed by atoms with Crippen molar-refractivity contribution in [2.45, 2.75) is 19.5 Å². The molecule has 0 saturated heterocycles. The van der Waals surface area contributed by atoms with Crippen LogP contribution in [0.2, 0.25) is 0 Å². The van der Waals surface area contributed by atoms with Crippen LogP contribution in [0.25, 0.3) is 50.1 Å². The molecule has 1 aromatic heterocycles. The summed E-state index contributed by atoms with van der Waals surface area (Å²) in [6.07, 6.45) is 0.480. The molecular formula is C49H36N6. The Morgan fingerprint density at radius 2 is 1.27 bits per heavy atom. The average molecular weight is 709 g/mol. The number of aliphatic imine (C=N–C) groups is 2. The van der Waals surface area contributed by atoms with Crippen molar-refractivity contribution in [2.75, 3.05) is 0 Å². The molecule has 0 radical (unpaired) electrons. The number of benzene rings is 7. The van der Waals surface area contributed by atoms with E-state index in [1.807, 2.05) is 78.9 Å². The van der Waals surface area contributed by atoms with E-state index in [4.69, 9.17) is 15.0 Å². The van der Waals surface area contributed by atoms with E-state index in [0.717, 1.165) is 84.9 Å². The Bertz CT molecular complexity index is 2790. The molecule has 6 heteroatoms. The first-order chi connectivity index (χ1) is 27.2. The highest BCUT2D eigenvalue weighted by atomic mass is 15.2. The molecule has 2 heterocycles. The van der Waals surface area contributed by atoms with Gasteiger partial charge in [-0.15, -0.1) is 0 Å². The van der Waals surface area contributed by atoms with Gasteiger partial charge >= 0.3 is 0 Å². The molecule has 1 atom stereocenters. The SMILES string of the molecule is CCc1nc2ccccc2n1-c1ccccc1-c1ccc(-c2ccccc2C#N)cc1-c1cccc(C2=NC(c3ccccc3)=NC(c3ccccc3)N2)c1. The van der Waals surface area contributed by atoms with E-state index in [0.29, 0.717) is 11.4 Å². The van der Waals surface area contributed by atoms with Crippen LogP contribution in [0.4, 0.5) is 0 Å². The normalized spacial score (nSPS) is 13.8. The lowest BCUT2D eigenvalue weighted by Crippen LogP contribution is -2.33. The van der Waals surface area contributed by atoms with Crippen LogP contribution < -0.4 is 5.32 Å². The number of hydrogen-bond acceptors (Lipinski definition) is 5. The molecule has 0 saturated carbocycles. The lowest BCUT2D eigenvalue weighted by molar-refractivity contribution is 0.674. The minimum atomic E-state index is -0.307. The first-order valence-corrected chi connectivity index (χ1v) is 18.5. The summed E-state index contributed by atoms with van der Waals surface area (Å²) in [6, 6.07) is 62.5. The Morgan fingerprint density at radius 1 is 0.600 bits per heavy atom. The molecule has 0 bridgehead atoms. The number of aryl methyl sites for hydroxylation is 1. The Hall–Kier alpha value is -7.36. The van der Waals surface area contributed by atoms with Crippen molar-refractivity contribution >= 4 is 22.7 Å². The quantitative estimate of drug-likeness (QED) is 0.171. The minimum Gasteiger partial charge on any atom is -0.344 e. The number of fused-ring (bicyclic) bond motifs is 1. The molecule has 262 valence electrons. The molecule has 0 aliphatic carbocycles. The molecule has 6 nitrogen and oxygen atoms in total. The van der Waals surface area contributed by atoms with Crippen molar-refractivity contribution in [1.29, 1.82) is 5.26 Å². The number of nitriles is 1. The average Bonchev–Trinajstić information content (AvgIpc) is 3.65. The summed E-state index contributed by atoms with van der Waals surface area (Å²) in [6.45, 7) is 2.15. The smallest absolute Gasteiger partial charge is 0.159 e. The highest BCUT2D eigenvalue weighted by molar-refractivity contribution is 6.13. The van der Waals surface area contributed by atoms with Gasteiger partial charge in [0.25, 0.3) is 0 Å². The standard InChI is InChI=1S/C49H36N6/c1-2-46-51-43-25-12-14-27-45(43)55(46)44-26-13-11-24-41(44)40-29-28-36(39-23-10-9-20-38(39)32-50)31-42(40)35-21-15-22-37(30-35)49-53-47(33-16-5-3-6-17-33)52-48(54-49)34-18-7-4-8-19-34/h3-31,47H,2H2,1H3,(H,52,53,54). The number of nitrogens with one attached hydrogen (secondary N) is 1. The van der Waals surface area contributed by atoms with Crippen molar-refractivity contribution in [3.05, 3.63) is 204 Å². The molecule has 7 aromatic carbocycles. The summed E-state index contributed by atoms with van der Waals surface area (Å²) in [5, 5.41) is 13.7. The lowest BCUT2D eigenvalue weighted by atomic mass is 9.88. The second kappa shape index (κ2) is 14.6. The molecule has 0 spiro atoms. The van der Waals surface area contributed by atoms with Crippen LogP contribution in [-0.2, 0) is 6.42 Å². The summed E-state index contributed by atoms with van der Waals surface area (Å²) in [4.78, 5) is 15.2. The fraction of sp³-hybridized carbons (Fsp3) is 0.0612. The molecule has 0 amide bonds. The number of hydrogen-bond donors (Lipinski definition) is 1. The van der Waals surface area contributed by atoms with E-state index in [9.17, 15) is 5.26 Å². The topological polar surface area (TPSA) is 78.4 Å². The van der Waals surface area contributed by atoms with Gasteiger partial charge in [-0.25, -0.2) is 15.0 Å². The molecule has 1 unspecified atom stereocenters. The third-order valence-corrected chi connectivity index (χ3v) is 10.1. The van der Waals surface area contributed by atoms with Crippen LogP contribution in [0.3, 0.4) is 0 Å². The van der Waals surface area contributed by atoms with E-state index in [1.54, 1.807) is 0 Å². The summed E-state index contributed by atoms with van der Waals surface area (Å²) < 4.78 is 2.29. The van der Waals surface area contributed by atoms with Crippen molar-refractivity contribution in [1.82, 2.24) is 14.9 Å². The Balaban J connectivity index is 1.23. The zero-order valence-corrected chi connectivity index (χ0v) is 30.3. The van der Waals surface area contributed by atoms with E-state index < -0.39 is 0 Å². The summed E-state index contributed by atoms with van der Waals surface area (Å²) in [5.74, 6) is 2.43. The van der Waals surface area contributed by atoms with E-state index in [-0.39, 0.29) is 6.17 Å². The van der Waals surface area contributed by atoms with Gasteiger partial charge in [-0.1, -0.05) is 146 Å². The minimum absolute atomic E-state index is 0.307. The highest BCUT2D eigenvalue weighted by Gasteiger charge is 2.23. The van der Waals surface area contributed by atoms with Crippen LogP contribution in [0.15, 0.2) is 186 Å². The number of imidazole rings is 1. The molecule has 9 rings (SSSR count).